The second kappa shape index (κ2) is 6.30. The molecule has 0 aliphatic heterocycles. The summed E-state index contributed by atoms with van der Waals surface area (Å²) in [6.45, 7) is 11.2. The molecule has 2 rings (SSSR count). The molecule has 0 bridgehead atoms. The van der Waals surface area contributed by atoms with Gasteiger partial charge in [0.05, 0.1) is 22.9 Å². The van der Waals surface area contributed by atoms with Gasteiger partial charge in [0.15, 0.2) is 0 Å². The fourth-order valence-corrected chi connectivity index (χ4v) is 2.56. The van der Waals surface area contributed by atoms with Gasteiger partial charge in [-0.3, -0.25) is 4.68 Å². The molecule has 0 aromatic carbocycles. The molecule has 0 spiro atoms. The van der Waals surface area contributed by atoms with E-state index in [0.29, 0.717) is 5.92 Å². The molecule has 0 radical (unpaired) electrons. The second-order valence-electron chi connectivity index (χ2n) is 5.32. The molecule has 0 atom stereocenters. The molecule has 0 aliphatic carbocycles. The first-order chi connectivity index (χ1) is 9.04. The number of aryl methyl sites for hydroxylation is 2. The normalized spacial score (nSPS) is 11.4. The van der Waals surface area contributed by atoms with Gasteiger partial charge < -0.3 is 5.32 Å². The van der Waals surface area contributed by atoms with E-state index >= 15 is 0 Å². The van der Waals surface area contributed by atoms with Crippen LogP contribution in [0.2, 0.25) is 0 Å². The topological polar surface area (TPSA) is 42.7 Å². The predicted octanol–water partition coefficient (Wildman–Crippen LogP) is 2.75. The minimum atomic E-state index is 0.674. The lowest BCUT2D eigenvalue weighted by Gasteiger charge is -2.05. The van der Waals surface area contributed by atoms with E-state index in [9.17, 15) is 0 Å². The summed E-state index contributed by atoms with van der Waals surface area (Å²) in [5, 5.41) is 11.2. The summed E-state index contributed by atoms with van der Waals surface area (Å²) >= 11 is 1.69. The van der Waals surface area contributed by atoms with Crippen molar-refractivity contribution in [3.8, 4) is 0 Å². The van der Waals surface area contributed by atoms with Crippen molar-refractivity contribution in [3.63, 3.8) is 0 Å². The molecular weight excluding hydrogens is 256 g/mol. The van der Waals surface area contributed by atoms with Crippen molar-refractivity contribution in [2.45, 2.75) is 40.8 Å². The molecule has 2 aromatic heterocycles. The van der Waals surface area contributed by atoms with Crippen molar-refractivity contribution >= 4 is 11.3 Å². The number of nitrogens with one attached hydrogen (secondary N) is 1. The van der Waals surface area contributed by atoms with Crippen LogP contribution < -0.4 is 5.32 Å². The Labute approximate surface area is 118 Å². The molecule has 0 saturated carbocycles. The van der Waals surface area contributed by atoms with E-state index in [4.69, 9.17) is 0 Å². The summed E-state index contributed by atoms with van der Waals surface area (Å²) in [5.74, 6) is 0.674. The highest BCUT2D eigenvalue weighted by atomic mass is 32.1. The number of rotatable bonds is 6. The standard InChI is InChI=1S/C14H22N4S/c1-10(2)5-15-6-13-7-18(17-11(13)3)8-14-9-19-12(4)16-14/h7,9-10,15H,5-6,8H2,1-4H3. The molecule has 19 heavy (non-hydrogen) atoms. The number of hydrogen-bond acceptors (Lipinski definition) is 4. The van der Waals surface area contributed by atoms with E-state index in [0.717, 1.165) is 36.0 Å². The number of aromatic nitrogens is 3. The number of hydrogen-bond donors (Lipinski definition) is 1. The van der Waals surface area contributed by atoms with Crippen LogP contribution in [0.15, 0.2) is 11.6 Å². The average Bonchev–Trinajstić information content (AvgIpc) is 2.86. The lowest BCUT2D eigenvalue weighted by molar-refractivity contribution is 0.551. The van der Waals surface area contributed by atoms with E-state index in [2.05, 4.69) is 47.7 Å². The quantitative estimate of drug-likeness (QED) is 0.883. The summed E-state index contributed by atoms with van der Waals surface area (Å²) in [6, 6.07) is 0. The van der Waals surface area contributed by atoms with Gasteiger partial charge in [-0.1, -0.05) is 13.8 Å². The Kier molecular flexibility index (Phi) is 4.71. The summed E-state index contributed by atoms with van der Waals surface area (Å²) in [4.78, 5) is 4.47. The first kappa shape index (κ1) is 14.2. The minimum Gasteiger partial charge on any atom is -0.312 e. The Bertz CT molecular complexity index is 527. The van der Waals surface area contributed by atoms with Gasteiger partial charge in [0.2, 0.25) is 0 Å². The molecule has 2 heterocycles. The van der Waals surface area contributed by atoms with Crippen LogP contribution in [0.25, 0.3) is 0 Å². The fraction of sp³-hybridized carbons (Fsp3) is 0.571. The first-order valence-electron chi connectivity index (χ1n) is 6.69. The predicted molar refractivity (Wildman–Crippen MR) is 79.5 cm³/mol. The van der Waals surface area contributed by atoms with Gasteiger partial charge in [0.25, 0.3) is 0 Å². The lowest BCUT2D eigenvalue weighted by atomic mass is 10.2. The van der Waals surface area contributed by atoms with Gasteiger partial charge in [-0.15, -0.1) is 11.3 Å². The molecule has 0 aliphatic rings. The van der Waals surface area contributed by atoms with Gasteiger partial charge in [-0.25, -0.2) is 4.98 Å². The highest BCUT2D eigenvalue weighted by molar-refractivity contribution is 7.09. The van der Waals surface area contributed by atoms with Gasteiger partial charge >= 0.3 is 0 Å². The van der Waals surface area contributed by atoms with Gasteiger partial charge in [0.1, 0.15) is 0 Å². The summed E-state index contributed by atoms with van der Waals surface area (Å²) in [7, 11) is 0. The van der Waals surface area contributed by atoms with Crippen molar-refractivity contribution in [1.82, 2.24) is 20.1 Å². The van der Waals surface area contributed by atoms with Crippen LogP contribution >= 0.6 is 11.3 Å². The highest BCUT2D eigenvalue weighted by Gasteiger charge is 2.06. The fourth-order valence-electron chi connectivity index (χ4n) is 1.96. The molecule has 0 unspecified atom stereocenters. The van der Waals surface area contributed by atoms with Crippen LogP contribution in [0.3, 0.4) is 0 Å². The molecule has 1 N–H and O–H groups in total. The van der Waals surface area contributed by atoms with Crippen LogP contribution in [0.5, 0.6) is 0 Å². The minimum absolute atomic E-state index is 0.674. The average molecular weight is 278 g/mol. The Balaban J connectivity index is 1.96. The summed E-state index contributed by atoms with van der Waals surface area (Å²) < 4.78 is 1.98. The monoisotopic (exact) mass is 278 g/mol. The SMILES string of the molecule is Cc1nc(Cn2cc(CNCC(C)C)c(C)n2)cs1. The van der Waals surface area contributed by atoms with Gasteiger partial charge in [-0.05, 0) is 26.3 Å². The van der Waals surface area contributed by atoms with Gasteiger partial charge in [-0.2, -0.15) is 5.10 Å². The van der Waals surface area contributed by atoms with Crippen molar-refractivity contribution < 1.29 is 0 Å². The van der Waals surface area contributed by atoms with E-state index in [1.54, 1.807) is 11.3 Å². The zero-order chi connectivity index (χ0) is 13.8. The highest BCUT2D eigenvalue weighted by Crippen LogP contribution is 2.11. The van der Waals surface area contributed by atoms with Crippen LogP contribution in [0.1, 0.15) is 35.8 Å². The second-order valence-corrected chi connectivity index (χ2v) is 6.38. The third kappa shape index (κ3) is 4.14. The molecule has 104 valence electrons. The molecule has 5 heteroatoms. The van der Waals surface area contributed by atoms with E-state index in [1.165, 1.54) is 5.56 Å². The molecular formula is C14H22N4S. The summed E-state index contributed by atoms with van der Waals surface area (Å²) in [6.07, 6.45) is 2.12. The van der Waals surface area contributed by atoms with Crippen molar-refractivity contribution in [2.24, 2.45) is 5.92 Å². The van der Waals surface area contributed by atoms with Crippen molar-refractivity contribution in [3.05, 3.63) is 33.5 Å². The summed E-state index contributed by atoms with van der Waals surface area (Å²) in [5.41, 5.74) is 3.46. The lowest BCUT2D eigenvalue weighted by Crippen LogP contribution is -2.19. The molecule has 2 aromatic rings. The molecule has 4 nitrogen and oxygen atoms in total. The van der Waals surface area contributed by atoms with Gasteiger partial charge in [0, 0.05) is 23.7 Å². The maximum atomic E-state index is 4.55. The smallest absolute Gasteiger partial charge is 0.0898 e. The zero-order valence-electron chi connectivity index (χ0n) is 12.1. The Hall–Kier alpha value is -1.20. The van der Waals surface area contributed by atoms with Crippen LogP contribution in [0, 0.1) is 19.8 Å². The third-order valence-electron chi connectivity index (χ3n) is 2.91. The Morgan fingerprint density at radius 3 is 2.79 bits per heavy atom. The maximum absolute atomic E-state index is 4.55. The van der Waals surface area contributed by atoms with Crippen LogP contribution in [0.4, 0.5) is 0 Å². The number of thiazole rings is 1. The maximum Gasteiger partial charge on any atom is 0.0898 e. The third-order valence-corrected chi connectivity index (χ3v) is 3.73. The van der Waals surface area contributed by atoms with E-state index < -0.39 is 0 Å². The Morgan fingerprint density at radius 2 is 2.16 bits per heavy atom. The van der Waals surface area contributed by atoms with E-state index in [-0.39, 0.29) is 0 Å². The van der Waals surface area contributed by atoms with Crippen LogP contribution in [-0.4, -0.2) is 21.3 Å². The largest absolute Gasteiger partial charge is 0.312 e. The number of nitrogens with zero attached hydrogens (tertiary/aromatic N) is 3. The first-order valence-corrected chi connectivity index (χ1v) is 7.57. The van der Waals surface area contributed by atoms with E-state index in [1.807, 2.05) is 11.6 Å². The van der Waals surface area contributed by atoms with Crippen molar-refractivity contribution in [2.75, 3.05) is 6.54 Å². The zero-order valence-corrected chi connectivity index (χ0v) is 12.9. The van der Waals surface area contributed by atoms with Crippen molar-refractivity contribution in [1.29, 1.82) is 0 Å². The van der Waals surface area contributed by atoms with Crippen LogP contribution in [-0.2, 0) is 13.1 Å². The molecule has 0 fully saturated rings. The Morgan fingerprint density at radius 1 is 1.37 bits per heavy atom. The molecule has 0 amide bonds. The molecule has 0 saturated heterocycles.